The molecule has 10 heteroatoms. The van der Waals surface area contributed by atoms with Gasteiger partial charge in [0, 0.05) is 12.6 Å². The first-order chi connectivity index (χ1) is 13.9. The number of nitrogens with zero attached hydrogens (tertiary/aromatic N) is 2. The molecule has 1 fully saturated rings. The third-order valence-corrected chi connectivity index (χ3v) is 5.14. The third kappa shape index (κ3) is 4.58. The molecule has 0 atom stereocenters. The molecule has 2 aliphatic rings. The van der Waals surface area contributed by atoms with Gasteiger partial charge in [-0.1, -0.05) is 25.3 Å². The van der Waals surface area contributed by atoms with Crippen molar-refractivity contribution in [1.82, 2.24) is 10.2 Å². The van der Waals surface area contributed by atoms with Crippen molar-refractivity contribution in [2.45, 2.75) is 32.1 Å². The quantitative estimate of drug-likeness (QED) is 0.315. The van der Waals surface area contributed by atoms with Crippen LogP contribution in [0.15, 0.2) is 18.2 Å². The summed E-state index contributed by atoms with van der Waals surface area (Å²) < 4.78 is 4.85. The molecule has 3 amide bonds. The van der Waals surface area contributed by atoms with Crippen molar-refractivity contribution in [3.8, 4) is 0 Å². The molecule has 10 nitrogen and oxygen atoms in total. The molecular formula is C19H21N3O7. The number of ether oxygens (including phenoxy) is 1. The van der Waals surface area contributed by atoms with Gasteiger partial charge in [0.25, 0.3) is 23.4 Å². The summed E-state index contributed by atoms with van der Waals surface area (Å²) in [5, 5.41) is 13.8. The zero-order chi connectivity index (χ0) is 21.0. The van der Waals surface area contributed by atoms with Crippen molar-refractivity contribution >= 4 is 29.4 Å². The van der Waals surface area contributed by atoms with E-state index in [4.69, 9.17) is 4.74 Å². The van der Waals surface area contributed by atoms with Crippen LogP contribution >= 0.6 is 0 Å². The van der Waals surface area contributed by atoms with Crippen LogP contribution in [0.5, 0.6) is 0 Å². The van der Waals surface area contributed by atoms with Gasteiger partial charge >= 0.3 is 5.97 Å². The normalized spacial score (nSPS) is 16.5. The topological polar surface area (TPSA) is 136 Å². The van der Waals surface area contributed by atoms with Gasteiger partial charge in [0.2, 0.25) is 0 Å². The Hall–Kier alpha value is -3.30. The van der Waals surface area contributed by atoms with Gasteiger partial charge in [-0.2, -0.15) is 0 Å². The van der Waals surface area contributed by atoms with Gasteiger partial charge in [-0.3, -0.25) is 34.2 Å². The van der Waals surface area contributed by atoms with E-state index in [-0.39, 0.29) is 11.1 Å². The molecule has 1 aliphatic carbocycles. The molecule has 0 radical (unpaired) electrons. The van der Waals surface area contributed by atoms with Crippen molar-refractivity contribution < 1.29 is 28.8 Å². The second-order valence-electron chi connectivity index (χ2n) is 7.12. The summed E-state index contributed by atoms with van der Waals surface area (Å²) in [7, 11) is 0. The molecule has 0 spiro atoms. The van der Waals surface area contributed by atoms with E-state index in [1.807, 2.05) is 0 Å². The highest BCUT2D eigenvalue weighted by Crippen LogP contribution is 2.30. The number of esters is 1. The number of nitro benzene ring substituents is 1. The molecule has 1 N–H and O–H groups in total. The number of amides is 3. The first kappa shape index (κ1) is 20.4. The predicted octanol–water partition coefficient (Wildman–Crippen LogP) is 1.43. The Bertz CT molecular complexity index is 861. The Morgan fingerprint density at radius 2 is 1.90 bits per heavy atom. The minimum Gasteiger partial charge on any atom is -0.454 e. The molecule has 0 unspecified atom stereocenters. The zero-order valence-corrected chi connectivity index (χ0v) is 15.7. The second kappa shape index (κ2) is 8.80. The van der Waals surface area contributed by atoms with Crippen LogP contribution in [0, 0.1) is 16.0 Å². The lowest BCUT2D eigenvalue weighted by Gasteiger charge is -2.21. The summed E-state index contributed by atoms with van der Waals surface area (Å²) in [5.74, 6) is -2.72. The van der Waals surface area contributed by atoms with Crippen LogP contribution in [-0.2, 0) is 14.3 Å². The average Bonchev–Trinajstić information content (AvgIpc) is 2.96. The Labute approximate surface area is 166 Å². The van der Waals surface area contributed by atoms with Crippen molar-refractivity contribution in [2.75, 3.05) is 19.7 Å². The van der Waals surface area contributed by atoms with Gasteiger partial charge in [0.15, 0.2) is 6.61 Å². The van der Waals surface area contributed by atoms with E-state index in [0.29, 0.717) is 17.4 Å². The summed E-state index contributed by atoms with van der Waals surface area (Å²) in [6, 6.07) is 3.69. The molecule has 1 aliphatic heterocycles. The lowest BCUT2D eigenvalue weighted by Crippen LogP contribution is -2.38. The number of hydrogen-bond donors (Lipinski definition) is 1. The highest BCUT2D eigenvalue weighted by atomic mass is 16.6. The maximum Gasteiger partial charge on any atom is 0.326 e. The molecule has 0 bridgehead atoms. The molecule has 0 aromatic heterocycles. The molecule has 29 heavy (non-hydrogen) atoms. The molecule has 0 saturated heterocycles. The Balaban J connectivity index is 1.51. The summed E-state index contributed by atoms with van der Waals surface area (Å²) in [4.78, 5) is 59.5. The molecule has 3 rings (SSSR count). The molecule has 1 aromatic rings. The Kier molecular flexibility index (Phi) is 6.20. The monoisotopic (exact) mass is 403 g/mol. The summed E-state index contributed by atoms with van der Waals surface area (Å²) >= 11 is 0. The van der Waals surface area contributed by atoms with Crippen LogP contribution in [0.2, 0.25) is 0 Å². The molecule has 154 valence electrons. The van der Waals surface area contributed by atoms with E-state index in [0.717, 1.165) is 31.7 Å². The molecule has 1 aromatic carbocycles. The van der Waals surface area contributed by atoms with Crippen LogP contribution in [0.3, 0.4) is 0 Å². The smallest absolute Gasteiger partial charge is 0.326 e. The van der Waals surface area contributed by atoms with Crippen LogP contribution in [0.1, 0.15) is 52.8 Å². The third-order valence-electron chi connectivity index (χ3n) is 5.14. The number of benzene rings is 1. The molecular weight excluding hydrogens is 382 g/mol. The van der Waals surface area contributed by atoms with Crippen LogP contribution in [0.25, 0.3) is 0 Å². The van der Waals surface area contributed by atoms with E-state index in [9.17, 15) is 29.3 Å². The number of nitro groups is 1. The van der Waals surface area contributed by atoms with Gasteiger partial charge in [-0.15, -0.1) is 0 Å². The number of rotatable bonds is 7. The predicted molar refractivity (Wildman–Crippen MR) is 99.0 cm³/mol. The van der Waals surface area contributed by atoms with Gasteiger partial charge in [0.05, 0.1) is 10.5 Å². The number of carbonyl (C=O) groups is 4. The van der Waals surface area contributed by atoms with Crippen molar-refractivity contribution in [2.24, 2.45) is 5.92 Å². The number of carbonyl (C=O) groups excluding carboxylic acids is 4. The van der Waals surface area contributed by atoms with Gasteiger partial charge in [0.1, 0.15) is 12.1 Å². The fourth-order valence-electron chi connectivity index (χ4n) is 3.63. The molecule has 1 saturated carbocycles. The van der Waals surface area contributed by atoms with E-state index < -0.39 is 47.5 Å². The first-order valence-corrected chi connectivity index (χ1v) is 9.44. The lowest BCUT2D eigenvalue weighted by atomic mass is 9.89. The van der Waals surface area contributed by atoms with Gasteiger partial charge in [-0.25, -0.2) is 0 Å². The lowest BCUT2D eigenvalue weighted by molar-refractivity contribution is -0.385. The van der Waals surface area contributed by atoms with Gasteiger partial charge < -0.3 is 10.1 Å². The summed E-state index contributed by atoms with van der Waals surface area (Å²) in [6.07, 6.45) is 5.63. The summed E-state index contributed by atoms with van der Waals surface area (Å²) in [6.45, 7) is -0.716. The number of imide groups is 1. The highest BCUT2D eigenvalue weighted by molar-refractivity contribution is 6.24. The Morgan fingerprint density at radius 1 is 1.17 bits per heavy atom. The van der Waals surface area contributed by atoms with Crippen LogP contribution in [0.4, 0.5) is 5.69 Å². The van der Waals surface area contributed by atoms with Gasteiger partial charge in [-0.05, 0) is 24.8 Å². The highest BCUT2D eigenvalue weighted by Gasteiger charge is 2.41. The number of hydrogen-bond acceptors (Lipinski definition) is 7. The van der Waals surface area contributed by atoms with Crippen molar-refractivity contribution in [3.05, 3.63) is 39.4 Å². The SMILES string of the molecule is O=C(COC(=O)CN1C(=O)c2cccc([N+](=O)[O-])c2C1=O)NCC1CCCCC1. The number of nitrogens with one attached hydrogen (secondary N) is 1. The Morgan fingerprint density at radius 3 is 2.59 bits per heavy atom. The average molecular weight is 403 g/mol. The molecule has 1 heterocycles. The van der Waals surface area contributed by atoms with Crippen LogP contribution in [-0.4, -0.2) is 53.2 Å². The van der Waals surface area contributed by atoms with E-state index in [1.54, 1.807) is 0 Å². The first-order valence-electron chi connectivity index (χ1n) is 9.44. The minimum absolute atomic E-state index is 0.137. The maximum absolute atomic E-state index is 12.4. The van der Waals surface area contributed by atoms with Crippen LogP contribution < -0.4 is 5.32 Å². The van der Waals surface area contributed by atoms with Crippen molar-refractivity contribution in [1.29, 1.82) is 0 Å². The maximum atomic E-state index is 12.4. The van der Waals surface area contributed by atoms with E-state index >= 15 is 0 Å². The van der Waals surface area contributed by atoms with Crippen molar-refractivity contribution in [3.63, 3.8) is 0 Å². The second-order valence-corrected chi connectivity index (χ2v) is 7.12. The minimum atomic E-state index is -0.949. The summed E-state index contributed by atoms with van der Waals surface area (Å²) in [5.41, 5.74) is -0.985. The fourth-order valence-corrected chi connectivity index (χ4v) is 3.63. The van der Waals surface area contributed by atoms with E-state index in [1.165, 1.54) is 18.6 Å². The number of fused-ring (bicyclic) bond motifs is 1. The largest absolute Gasteiger partial charge is 0.454 e. The zero-order valence-electron chi connectivity index (χ0n) is 15.7. The standard InChI is InChI=1S/C19H21N3O7/c23-15(20-9-12-5-2-1-3-6-12)11-29-16(24)10-21-18(25)13-7-4-8-14(22(27)28)17(13)19(21)26/h4,7-8,12H,1-3,5-6,9-11H2,(H,20,23). The van der Waals surface area contributed by atoms with E-state index in [2.05, 4.69) is 5.32 Å². The fraction of sp³-hybridized carbons (Fsp3) is 0.474.